The lowest BCUT2D eigenvalue weighted by molar-refractivity contribution is -0.142. The fourth-order valence-corrected chi connectivity index (χ4v) is 3.05. The highest BCUT2D eigenvalue weighted by molar-refractivity contribution is 5.85. The summed E-state index contributed by atoms with van der Waals surface area (Å²) in [6, 6.07) is 15.2. The molecule has 0 spiro atoms. The topological polar surface area (TPSA) is 121 Å². The highest BCUT2D eigenvalue weighted by Crippen LogP contribution is 2.22. The Morgan fingerprint density at radius 1 is 1.14 bits per heavy atom. The predicted octanol–water partition coefficient (Wildman–Crippen LogP) is 3.09. The van der Waals surface area contributed by atoms with E-state index in [1.807, 2.05) is 30.5 Å². The lowest BCUT2D eigenvalue weighted by Gasteiger charge is -2.14. The third-order valence-corrected chi connectivity index (χ3v) is 4.53. The minimum Gasteiger partial charge on any atom is -0.479 e. The van der Waals surface area contributed by atoms with Crippen molar-refractivity contribution in [3.05, 3.63) is 72.2 Å². The van der Waals surface area contributed by atoms with Crippen LogP contribution in [-0.2, 0) is 16.0 Å². The summed E-state index contributed by atoms with van der Waals surface area (Å²) in [7, 11) is 0. The zero-order valence-electron chi connectivity index (χ0n) is 15.3. The second-order valence-corrected chi connectivity index (χ2v) is 6.54. The molecule has 8 nitrogen and oxygen atoms in total. The SMILES string of the molecule is O=C(CCc1nc(-c2ccc3cc[nH]c3c2)no1)NC(C(=O)O)c1ccccc1. The molecule has 0 saturated heterocycles. The number of nitrogens with one attached hydrogen (secondary N) is 2. The first-order chi connectivity index (χ1) is 14.1. The van der Waals surface area contributed by atoms with E-state index in [4.69, 9.17) is 4.52 Å². The Morgan fingerprint density at radius 2 is 1.97 bits per heavy atom. The molecule has 1 atom stereocenters. The lowest BCUT2D eigenvalue weighted by atomic mass is 10.1. The number of carbonyl (C=O) groups is 2. The van der Waals surface area contributed by atoms with E-state index in [2.05, 4.69) is 20.4 Å². The Balaban J connectivity index is 1.39. The van der Waals surface area contributed by atoms with Crippen LogP contribution < -0.4 is 5.32 Å². The van der Waals surface area contributed by atoms with Gasteiger partial charge in [-0.05, 0) is 23.1 Å². The number of nitrogens with zero attached hydrogens (tertiary/aromatic N) is 2. The van der Waals surface area contributed by atoms with Crippen LogP contribution in [-0.4, -0.2) is 32.1 Å². The summed E-state index contributed by atoms with van der Waals surface area (Å²) in [6.07, 6.45) is 2.10. The van der Waals surface area contributed by atoms with E-state index >= 15 is 0 Å². The number of fused-ring (bicyclic) bond motifs is 1. The summed E-state index contributed by atoms with van der Waals surface area (Å²) < 4.78 is 5.23. The maximum absolute atomic E-state index is 12.2. The minimum absolute atomic E-state index is 0.0356. The Bertz CT molecular complexity index is 1150. The first-order valence-corrected chi connectivity index (χ1v) is 9.07. The molecule has 0 bridgehead atoms. The van der Waals surface area contributed by atoms with Crippen LogP contribution in [0.5, 0.6) is 0 Å². The van der Waals surface area contributed by atoms with Gasteiger partial charge >= 0.3 is 5.97 Å². The number of benzene rings is 2. The van der Waals surface area contributed by atoms with Gasteiger partial charge in [-0.2, -0.15) is 4.98 Å². The summed E-state index contributed by atoms with van der Waals surface area (Å²) in [6.45, 7) is 0. The number of H-pyrrole nitrogens is 1. The first-order valence-electron chi connectivity index (χ1n) is 9.07. The standard InChI is InChI=1S/C21H18N4O4/c26-17(23-19(21(27)28)14-4-2-1-3-5-14)8-9-18-24-20(25-29-18)15-7-6-13-10-11-22-16(13)12-15/h1-7,10-12,19,22H,8-9H2,(H,23,26)(H,27,28). The van der Waals surface area contributed by atoms with Gasteiger partial charge in [-0.15, -0.1) is 0 Å². The molecule has 2 aromatic heterocycles. The largest absolute Gasteiger partial charge is 0.479 e. The van der Waals surface area contributed by atoms with Crippen LogP contribution in [0.3, 0.4) is 0 Å². The van der Waals surface area contributed by atoms with Gasteiger partial charge in [-0.25, -0.2) is 4.79 Å². The quantitative estimate of drug-likeness (QED) is 0.446. The van der Waals surface area contributed by atoms with Gasteiger partial charge in [0.25, 0.3) is 0 Å². The van der Waals surface area contributed by atoms with Crippen molar-refractivity contribution in [2.45, 2.75) is 18.9 Å². The summed E-state index contributed by atoms with van der Waals surface area (Å²) in [4.78, 5) is 31.2. The van der Waals surface area contributed by atoms with Gasteiger partial charge in [0, 0.05) is 30.1 Å². The molecule has 8 heteroatoms. The van der Waals surface area contributed by atoms with Crippen molar-refractivity contribution in [3.63, 3.8) is 0 Å². The maximum atomic E-state index is 12.2. The van der Waals surface area contributed by atoms with Crippen molar-refractivity contribution in [2.75, 3.05) is 0 Å². The Hall–Kier alpha value is -3.94. The number of amides is 1. The highest BCUT2D eigenvalue weighted by Gasteiger charge is 2.22. The van der Waals surface area contributed by atoms with Crippen molar-refractivity contribution < 1.29 is 19.2 Å². The van der Waals surface area contributed by atoms with E-state index < -0.39 is 17.9 Å². The third-order valence-electron chi connectivity index (χ3n) is 4.53. The predicted molar refractivity (Wildman–Crippen MR) is 105 cm³/mol. The monoisotopic (exact) mass is 390 g/mol. The van der Waals surface area contributed by atoms with Crippen LogP contribution >= 0.6 is 0 Å². The van der Waals surface area contributed by atoms with Crippen LogP contribution in [0.2, 0.25) is 0 Å². The molecule has 4 aromatic rings. The van der Waals surface area contributed by atoms with Gasteiger partial charge in [-0.3, -0.25) is 4.79 Å². The number of hydrogen-bond donors (Lipinski definition) is 3. The summed E-state index contributed by atoms with van der Waals surface area (Å²) in [5, 5.41) is 17.0. The van der Waals surface area contributed by atoms with E-state index in [0.717, 1.165) is 16.5 Å². The number of carboxylic acids is 1. The molecular formula is C21H18N4O4. The molecular weight excluding hydrogens is 372 g/mol. The zero-order chi connectivity index (χ0) is 20.2. The van der Waals surface area contributed by atoms with E-state index in [9.17, 15) is 14.7 Å². The molecule has 1 unspecified atom stereocenters. The van der Waals surface area contributed by atoms with Crippen molar-refractivity contribution in [2.24, 2.45) is 0 Å². The first kappa shape index (κ1) is 18.4. The van der Waals surface area contributed by atoms with Crippen LogP contribution in [0.4, 0.5) is 0 Å². The maximum Gasteiger partial charge on any atom is 0.330 e. The summed E-state index contributed by atoms with van der Waals surface area (Å²) in [5.74, 6) is -0.781. The summed E-state index contributed by atoms with van der Waals surface area (Å²) in [5.41, 5.74) is 2.27. The average Bonchev–Trinajstić information content (AvgIpc) is 3.39. The zero-order valence-corrected chi connectivity index (χ0v) is 15.3. The lowest BCUT2D eigenvalue weighted by Crippen LogP contribution is -2.33. The van der Waals surface area contributed by atoms with Crippen LogP contribution in [0, 0.1) is 0 Å². The molecule has 0 saturated carbocycles. The molecule has 29 heavy (non-hydrogen) atoms. The number of aryl methyl sites for hydroxylation is 1. The Morgan fingerprint density at radius 3 is 2.76 bits per heavy atom. The molecule has 146 valence electrons. The molecule has 0 fully saturated rings. The van der Waals surface area contributed by atoms with Crippen molar-refractivity contribution >= 4 is 22.8 Å². The molecule has 1 amide bonds. The van der Waals surface area contributed by atoms with E-state index in [0.29, 0.717) is 17.3 Å². The number of hydrogen-bond acceptors (Lipinski definition) is 5. The average molecular weight is 390 g/mol. The molecule has 2 aromatic carbocycles. The highest BCUT2D eigenvalue weighted by atomic mass is 16.5. The molecule has 2 heterocycles. The smallest absolute Gasteiger partial charge is 0.330 e. The van der Waals surface area contributed by atoms with E-state index in [1.54, 1.807) is 30.3 Å². The minimum atomic E-state index is -1.12. The van der Waals surface area contributed by atoms with Crippen molar-refractivity contribution in [1.29, 1.82) is 0 Å². The van der Waals surface area contributed by atoms with Crippen LogP contribution in [0.25, 0.3) is 22.3 Å². The van der Waals surface area contributed by atoms with Gasteiger partial charge in [-0.1, -0.05) is 47.6 Å². The number of rotatable bonds is 7. The number of aromatic amines is 1. The van der Waals surface area contributed by atoms with Crippen molar-refractivity contribution in [3.8, 4) is 11.4 Å². The van der Waals surface area contributed by atoms with Gasteiger partial charge in [0.05, 0.1) is 0 Å². The molecule has 0 aliphatic carbocycles. The molecule has 4 rings (SSSR count). The van der Waals surface area contributed by atoms with E-state index in [-0.39, 0.29) is 12.8 Å². The van der Waals surface area contributed by atoms with E-state index in [1.165, 1.54) is 0 Å². The fraction of sp³-hybridized carbons (Fsp3) is 0.143. The van der Waals surface area contributed by atoms with Crippen molar-refractivity contribution in [1.82, 2.24) is 20.4 Å². The van der Waals surface area contributed by atoms with Gasteiger partial charge in [0.15, 0.2) is 6.04 Å². The van der Waals surface area contributed by atoms with Crippen LogP contribution in [0.1, 0.15) is 23.9 Å². The molecule has 0 aliphatic heterocycles. The fourth-order valence-electron chi connectivity index (χ4n) is 3.05. The number of carboxylic acid groups (broad SMARTS) is 1. The van der Waals surface area contributed by atoms with Crippen LogP contribution in [0.15, 0.2) is 65.3 Å². The molecule has 0 radical (unpaired) electrons. The van der Waals surface area contributed by atoms with Gasteiger partial charge in [0.2, 0.25) is 17.6 Å². The van der Waals surface area contributed by atoms with Gasteiger partial charge in [0.1, 0.15) is 0 Å². The second-order valence-electron chi connectivity index (χ2n) is 6.54. The Labute approximate surface area is 165 Å². The number of carbonyl (C=O) groups excluding carboxylic acids is 1. The van der Waals surface area contributed by atoms with Gasteiger partial charge < -0.3 is 19.9 Å². The number of aliphatic carboxylic acids is 1. The normalized spacial score (nSPS) is 12.0. The number of aromatic nitrogens is 3. The molecule has 0 aliphatic rings. The summed E-state index contributed by atoms with van der Waals surface area (Å²) >= 11 is 0. The third kappa shape index (κ3) is 4.16. The Kier molecular flexibility index (Phi) is 5.07. The molecule has 3 N–H and O–H groups in total. The second kappa shape index (κ2) is 7.97.